The third-order valence-electron chi connectivity index (χ3n) is 4.20. The second-order valence-electron chi connectivity index (χ2n) is 6.00. The maximum Gasteiger partial charge on any atom is 0.180 e. The molecule has 0 bridgehead atoms. The standard InChI is InChI=1S/C19H16F2N4O/c1-12-18(13-9-22-24(2)10-13)25-8-4-7-17(19(25)23-12)26-11-14-15(20)5-3-6-16(14)21/h3-10H,11H2,1-2H3. The summed E-state index contributed by atoms with van der Waals surface area (Å²) in [5.74, 6) is -0.812. The number of nitrogens with zero attached hydrogens (tertiary/aromatic N) is 4. The van der Waals surface area contributed by atoms with E-state index in [1.165, 1.54) is 18.2 Å². The van der Waals surface area contributed by atoms with Gasteiger partial charge in [0.15, 0.2) is 11.4 Å². The Morgan fingerprint density at radius 3 is 2.58 bits per heavy atom. The van der Waals surface area contributed by atoms with Gasteiger partial charge < -0.3 is 4.74 Å². The summed E-state index contributed by atoms with van der Waals surface area (Å²) in [5.41, 5.74) is 3.11. The van der Waals surface area contributed by atoms with E-state index < -0.39 is 11.6 Å². The van der Waals surface area contributed by atoms with E-state index in [0.717, 1.165) is 17.0 Å². The molecule has 0 radical (unpaired) electrons. The zero-order valence-electron chi connectivity index (χ0n) is 14.3. The molecule has 0 fully saturated rings. The number of aromatic nitrogens is 4. The van der Waals surface area contributed by atoms with E-state index in [4.69, 9.17) is 4.74 Å². The van der Waals surface area contributed by atoms with Crippen molar-refractivity contribution in [2.45, 2.75) is 13.5 Å². The molecule has 3 aromatic heterocycles. The Balaban J connectivity index is 1.73. The largest absolute Gasteiger partial charge is 0.485 e. The minimum absolute atomic E-state index is 0.106. The van der Waals surface area contributed by atoms with Crippen LogP contribution in [0.15, 0.2) is 48.9 Å². The van der Waals surface area contributed by atoms with Gasteiger partial charge in [0, 0.05) is 25.0 Å². The lowest BCUT2D eigenvalue weighted by atomic mass is 10.2. The van der Waals surface area contributed by atoms with E-state index in [-0.39, 0.29) is 12.2 Å². The van der Waals surface area contributed by atoms with Gasteiger partial charge in [0.25, 0.3) is 0 Å². The molecule has 3 heterocycles. The van der Waals surface area contributed by atoms with Crippen molar-refractivity contribution >= 4 is 5.65 Å². The van der Waals surface area contributed by atoms with Gasteiger partial charge in [-0.1, -0.05) is 6.07 Å². The fourth-order valence-electron chi connectivity index (χ4n) is 2.98. The van der Waals surface area contributed by atoms with Crippen molar-refractivity contribution in [2.24, 2.45) is 7.05 Å². The zero-order chi connectivity index (χ0) is 18.3. The summed E-state index contributed by atoms with van der Waals surface area (Å²) in [7, 11) is 1.85. The van der Waals surface area contributed by atoms with Gasteiger partial charge in [0.1, 0.15) is 18.2 Å². The van der Waals surface area contributed by atoms with Crippen LogP contribution >= 0.6 is 0 Å². The van der Waals surface area contributed by atoms with Gasteiger partial charge in [0.2, 0.25) is 0 Å². The molecule has 0 unspecified atom stereocenters. The highest BCUT2D eigenvalue weighted by Gasteiger charge is 2.16. The minimum Gasteiger partial charge on any atom is -0.485 e. The molecule has 26 heavy (non-hydrogen) atoms. The normalized spacial score (nSPS) is 11.2. The van der Waals surface area contributed by atoms with Crippen molar-refractivity contribution in [3.63, 3.8) is 0 Å². The molecule has 1 aromatic carbocycles. The molecule has 0 saturated heterocycles. The van der Waals surface area contributed by atoms with Gasteiger partial charge >= 0.3 is 0 Å². The number of benzene rings is 1. The quantitative estimate of drug-likeness (QED) is 0.558. The lowest BCUT2D eigenvalue weighted by Gasteiger charge is -2.09. The van der Waals surface area contributed by atoms with Crippen molar-refractivity contribution in [3.05, 3.63) is 71.8 Å². The van der Waals surface area contributed by atoms with E-state index >= 15 is 0 Å². The van der Waals surface area contributed by atoms with Crippen LogP contribution in [0.2, 0.25) is 0 Å². The average Bonchev–Trinajstić information content (AvgIpc) is 3.17. The highest BCUT2D eigenvalue weighted by Crippen LogP contribution is 2.29. The average molecular weight is 354 g/mol. The van der Waals surface area contributed by atoms with Crippen molar-refractivity contribution in [1.29, 1.82) is 0 Å². The summed E-state index contributed by atoms with van der Waals surface area (Å²) < 4.78 is 36.9. The Morgan fingerprint density at radius 2 is 1.88 bits per heavy atom. The number of rotatable bonds is 4. The van der Waals surface area contributed by atoms with Crippen molar-refractivity contribution in [3.8, 4) is 17.0 Å². The van der Waals surface area contributed by atoms with Gasteiger partial charge in [0.05, 0.1) is 23.1 Å². The molecule has 0 aliphatic rings. The lowest BCUT2D eigenvalue weighted by molar-refractivity contribution is 0.294. The monoisotopic (exact) mass is 354 g/mol. The number of pyridine rings is 1. The number of hydrogen-bond donors (Lipinski definition) is 0. The molecule has 0 aliphatic heterocycles. The fraction of sp³-hybridized carbons (Fsp3) is 0.158. The van der Waals surface area contributed by atoms with Crippen LogP contribution in [0.5, 0.6) is 5.75 Å². The van der Waals surface area contributed by atoms with Crippen molar-refractivity contribution < 1.29 is 13.5 Å². The van der Waals surface area contributed by atoms with Crippen LogP contribution in [0.3, 0.4) is 0 Å². The van der Waals surface area contributed by atoms with E-state index in [2.05, 4.69) is 10.1 Å². The molecule has 0 spiro atoms. The molecule has 4 aromatic rings. The highest BCUT2D eigenvalue weighted by atomic mass is 19.1. The van der Waals surface area contributed by atoms with Crippen molar-refractivity contribution in [2.75, 3.05) is 0 Å². The molecule has 132 valence electrons. The first-order chi connectivity index (χ1) is 12.5. The van der Waals surface area contributed by atoms with Crippen LogP contribution in [-0.2, 0) is 13.7 Å². The second kappa shape index (κ2) is 6.25. The fourth-order valence-corrected chi connectivity index (χ4v) is 2.98. The molecule has 5 nitrogen and oxygen atoms in total. The molecule has 0 amide bonds. The summed E-state index contributed by atoms with van der Waals surface area (Å²) in [6, 6.07) is 7.28. The number of fused-ring (bicyclic) bond motifs is 1. The Hall–Kier alpha value is -3.22. The van der Waals surface area contributed by atoms with E-state index in [0.29, 0.717) is 11.4 Å². The lowest BCUT2D eigenvalue weighted by Crippen LogP contribution is -2.03. The van der Waals surface area contributed by atoms with Crippen LogP contribution in [-0.4, -0.2) is 19.2 Å². The SMILES string of the molecule is Cc1nc2c(OCc3c(F)cccc3F)cccn2c1-c1cnn(C)c1. The molecule has 0 N–H and O–H groups in total. The minimum atomic E-state index is -0.632. The van der Waals surface area contributed by atoms with Gasteiger partial charge in [-0.25, -0.2) is 13.8 Å². The Bertz CT molecular complexity index is 1080. The molecule has 0 saturated carbocycles. The summed E-state index contributed by atoms with van der Waals surface area (Å²) in [4.78, 5) is 4.57. The van der Waals surface area contributed by atoms with Crippen LogP contribution in [0, 0.1) is 18.6 Å². The third kappa shape index (κ3) is 2.71. The summed E-state index contributed by atoms with van der Waals surface area (Å²) in [6.07, 6.45) is 5.53. The number of aryl methyl sites for hydroxylation is 2. The Labute approximate surface area is 148 Å². The van der Waals surface area contributed by atoms with E-state index in [1.54, 1.807) is 23.0 Å². The number of hydrogen-bond acceptors (Lipinski definition) is 3. The smallest absolute Gasteiger partial charge is 0.180 e. The molecule has 4 rings (SSSR count). The van der Waals surface area contributed by atoms with Crippen LogP contribution in [0.4, 0.5) is 8.78 Å². The first-order valence-electron chi connectivity index (χ1n) is 8.07. The van der Waals surface area contributed by atoms with Crippen LogP contribution < -0.4 is 4.74 Å². The Morgan fingerprint density at radius 1 is 1.12 bits per heavy atom. The second-order valence-corrected chi connectivity index (χ2v) is 6.00. The number of ether oxygens (including phenoxy) is 1. The van der Waals surface area contributed by atoms with Crippen LogP contribution in [0.1, 0.15) is 11.3 Å². The van der Waals surface area contributed by atoms with E-state index in [1.807, 2.05) is 30.8 Å². The summed E-state index contributed by atoms with van der Waals surface area (Å²) in [5, 5.41) is 4.20. The first-order valence-corrected chi connectivity index (χ1v) is 8.07. The van der Waals surface area contributed by atoms with Crippen molar-refractivity contribution in [1.82, 2.24) is 19.2 Å². The topological polar surface area (TPSA) is 44.4 Å². The highest BCUT2D eigenvalue weighted by molar-refractivity contribution is 5.69. The molecule has 0 atom stereocenters. The molecule has 7 heteroatoms. The number of imidazole rings is 1. The maximum atomic E-state index is 13.8. The summed E-state index contributed by atoms with van der Waals surface area (Å²) >= 11 is 0. The molecule has 0 aliphatic carbocycles. The zero-order valence-corrected chi connectivity index (χ0v) is 14.3. The predicted molar refractivity (Wildman–Crippen MR) is 92.8 cm³/mol. The Kier molecular flexibility index (Phi) is 3.91. The molecular formula is C19H16F2N4O. The van der Waals surface area contributed by atoms with Gasteiger partial charge in [-0.05, 0) is 31.2 Å². The van der Waals surface area contributed by atoms with E-state index in [9.17, 15) is 8.78 Å². The summed E-state index contributed by atoms with van der Waals surface area (Å²) in [6.45, 7) is 1.68. The van der Waals surface area contributed by atoms with Gasteiger partial charge in [-0.3, -0.25) is 9.08 Å². The first kappa shape index (κ1) is 16.3. The third-order valence-corrected chi connectivity index (χ3v) is 4.20. The number of halogens is 2. The molecular weight excluding hydrogens is 338 g/mol. The van der Waals surface area contributed by atoms with Crippen LogP contribution in [0.25, 0.3) is 16.9 Å². The van der Waals surface area contributed by atoms with Gasteiger partial charge in [-0.15, -0.1) is 0 Å². The predicted octanol–water partition coefficient (Wildman–Crippen LogP) is 3.90. The maximum absolute atomic E-state index is 13.8. The van der Waals surface area contributed by atoms with Gasteiger partial charge in [-0.2, -0.15) is 5.10 Å².